The van der Waals surface area contributed by atoms with Gasteiger partial charge in [0, 0.05) is 22.0 Å². The van der Waals surface area contributed by atoms with Crippen molar-refractivity contribution in [3.63, 3.8) is 0 Å². The number of anilines is 1. The van der Waals surface area contributed by atoms with Crippen molar-refractivity contribution >= 4 is 39.2 Å². The molecule has 38 heavy (non-hydrogen) atoms. The van der Waals surface area contributed by atoms with Crippen LogP contribution in [-0.2, 0) is 22.4 Å². The van der Waals surface area contributed by atoms with Gasteiger partial charge in [-0.1, -0.05) is 78.9 Å². The second-order valence-corrected chi connectivity index (χ2v) is 10.2. The highest BCUT2D eigenvalue weighted by molar-refractivity contribution is 7.14. The van der Waals surface area contributed by atoms with Crippen molar-refractivity contribution in [2.45, 2.75) is 25.2 Å². The fourth-order valence-electron chi connectivity index (χ4n) is 5.06. The molecule has 0 saturated heterocycles. The standard InChI is InChI=1S/C31H25N3O3S/c35-28(34-31-33-27(19-38-31)21-11-5-2-6-12-21)18-37-30(36)29-23-13-7-8-14-25(23)32-26-16-15-22(17-24(26)29)20-9-3-1-4-10-20/h1-14,19,22H,15-18H2,(H,33,34,35). The Morgan fingerprint density at radius 3 is 2.47 bits per heavy atom. The van der Waals surface area contributed by atoms with E-state index in [1.54, 1.807) is 0 Å². The molecule has 1 aliphatic rings. The predicted molar refractivity (Wildman–Crippen MR) is 149 cm³/mol. The van der Waals surface area contributed by atoms with Crippen LogP contribution in [0.1, 0.15) is 39.5 Å². The lowest BCUT2D eigenvalue weighted by molar-refractivity contribution is -0.119. The quantitative estimate of drug-likeness (QED) is 0.262. The van der Waals surface area contributed by atoms with Crippen molar-refractivity contribution in [2.24, 2.45) is 0 Å². The molecular weight excluding hydrogens is 494 g/mol. The van der Waals surface area contributed by atoms with Gasteiger partial charge in [0.25, 0.3) is 5.91 Å². The van der Waals surface area contributed by atoms with E-state index in [4.69, 9.17) is 9.72 Å². The molecule has 1 atom stereocenters. The Bertz CT molecular complexity index is 1620. The number of para-hydroxylation sites is 1. The maximum absolute atomic E-state index is 13.5. The van der Waals surface area contributed by atoms with Gasteiger partial charge in [0.2, 0.25) is 0 Å². The summed E-state index contributed by atoms with van der Waals surface area (Å²) in [5.41, 5.74) is 6.13. The van der Waals surface area contributed by atoms with Crippen molar-refractivity contribution < 1.29 is 14.3 Å². The first-order valence-electron chi connectivity index (χ1n) is 12.6. The third kappa shape index (κ3) is 4.93. The summed E-state index contributed by atoms with van der Waals surface area (Å²) < 4.78 is 5.57. The number of amides is 1. The van der Waals surface area contributed by atoms with E-state index >= 15 is 0 Å². The lowest BCUT2D eigenvalue weighted by Gasteiger charge is -2.26. The van der Waals surface area contributed by atoms with Crippen LogP contribution in [0.2, 0.25) is 0 Å². The van der Waals surface area contributed by atoms with Crippen LogP contribution >= 0.6 is 11.3 Å². The largest absolute Gasteiger partial charge is 0.452 e. The first kappa shape index (κ1) is 24.0. The van der Waals surface area contributed by atoms with Crippen LogP contribution in [0.3, 0.4) is 0 Å². The Morgan fingerprint density at radius 2 is 1.66 bits per heavy atom. The number of rotatable bonds is 6. The van der Waals surface area contributed by atoms with Crippen LogP contribution in [-0.4, -0.2) is 28.5 Å². The molecule has 1 amide bonds. The minimum atomic E-state index is -0.507. The summed E-state index contributed by atoms with van der Waals surface area (Å²) in [7, 11) is 0. The number of hydrogen-bond acceptors (Lipinski definition) is 6. The van der Waals surface area contributed by atoms with E-state index in [9.17, 15) is 9.59 Å². The van der Waals surface area contributed by atoms with Crippen LogP contribution in [0.15, 0.2) is 90.3 Å². The van der Waals surface area contributed by atoms with E-state index in [0.717, 1.165) is 46.3 Å². The van der Waals surface area contributed by atoms with Gasteiger partial charge >= 0.3 is 5.97 Å². The number of fused-ring (bicyclic) bond motifs is 2. The zero-order valence-corrected chi connectivity index (χ0v) is 21.4. The monoisotopic (exact) mass is 519 g/mol. The van der Waals surface area contributed by atoms with Gasteiger partial charge in [0.1, 0.15) is 0 Å². The van der Waals surface area contributed by atoms with Crippen LogP contribution in [0.25, 0.3) is 22.2 Å². The van der Waals surface area contributed by atoms with Gasteiger partial charge in [-0.2, -0.15) is 0 Å². The van der Waals surface area contributed by atoms with Crippen LogP contribution in [0.4, 0.5) is 5.13 Å². The molecule has 2 aromatic heterocycles. The van der Waals surface area contributed by atoms with Crippen molar-refractivity contribution in [3.8, 4) is 11.3 Å². The number of nitrogens with one attached hydrogen (secondary N) is 1. The number of thiazole rings is 1. The van der Waals surface area contributed by atoms with Gasteiger partial charge < -0.3 is 4.74 Å². The van der Waals surface area contributed by atoms with Crippen molar-refractivity contribution in [2.75, 3.05) is 11.9 Å². The molecule has 0 radical (unpaired) electrons. The molecule has 0 saturated carbocycles. The molecule has 6 nitrogen and oxygen atoms in total. The number of carbonyl (C=O) groups excluding carboxylic acids is 2. The molecule has 1 unspecified atom stereocenters. The molecule has 0 spiro atoms. The lowest BCUT2D eigenvalue weighted by atomic mass is 9.80. The molecule has 0 bridgehead atoms. The molecule has 0 aliphatic heterocycles. The minimum Gasteiger partial charge on any atom is -0.452 e. The molecule has 1 aliphatic carbocycles. The second-order valence-electron chi connectivity index (χ2n) is 9.31. The Balaban J connectivity index is 1.21. The van der Waals surface area contributed by atoms with E-state index in [-0.39, 0.29) is 0 Å². The van der Waals surface area contributed by atoms with Gasteiger partial charge in [-0.05, 0) is 42.4 Å². The summed E-state index contributed by atoms with van der Waals surface area (Å²) in [5, 5.41) is 5.84. The zero-order chi connectivity index (χ0) is 25.9. The number of pyridine rings is 1. The normalized spacial score (nSPS) is 14.6. The Hall–Kier alpha value is -4.36. The fourth-order valence-corrected chi connectivity index (χ4v) is 5.80. The number of ether oxygens (including phenoxy) is 1. The Morgan fingerprint density at radius 1 is 0.921 bits per heavy atom. The van der Waals surface area contributed by atoms with Gasteiger partial charge in [-0.15, -0.1) is 11.3 Å². The van der Waals surface area contributed by atoms with E-state index < -0.39 is 18.5 Å². The average molecular weight is 520 g/mol. The Kier molecular flexibility index (Phi) is 6.67. The SMILES string of the molecule is O=C(COC(=O)c1c2c(nc3ccccc13)CCC(c1ccccc1)C2)Nc1nc(-c2ccccc2)cs1. The van der Waals surface area contributed by atoms with Crippen molar-refractivity contribution in [1.82, 2.24) is 9.97 Å². The minimum absolute atomic E-state index is 0.297. The first-order valence-corrected chi connectivity index (χ1v) is 13.5. The molecular formula is C31H25N3O3S. The summed E-state index contributed by atoms with van der Waals surface area (Å²) in [4.78, 5) is 35.5. The lowest BCUT2D eigenvalue weighted by Crippen LogP contribution is -2.23. The van der Waals surface area contributed by atoms with Gasteiger partial charge in [0.05, 0.1) is 16.8 Å². The van der Waals surface area contributed by atoms with E-state index in [0.29, 0.717) is 23.0 Å². The highest BCUT2D eigenvalue weighted by Gasteiger charge is 2.28. The highest BCUT2D eigenvalue weighted by Crippen LogP contribution is 2.36. The van der Waals surface area contributed by atoms with Crippen molar-refractivity contribution in [3.05, 3.63) is 113 Å². The third-order valence-electron chi connectivity index (χ3n) is 6.89. The number of hydrogen-bond donors (Lipinski definition) is 1. The number of nitrogens with zero attached hydrogens (tertiary/aromatic N) is 2. The van der Waals surface area contributed by atoms with Crippen LogP contribution in [0, 0.1) is 0 Å². The molecule has 188 valence electrons. The fraction of sp³-hybridized carbons (Fsp3) is 0.161. The molecule has 0 fully saturated rings. The summed E-state index contributed by atoms with van der Waals surface area (Å²) in [6, 6.07) is 27.7. The number of aryl methyl sites for hydroxylation is 1. The Labute approximate surface area is 224 Å². The van der Waals surface area contributed by atoms with E-state index in [1.807, 2.05) is 78.2 Å². The second kappa shape index (κ2) is 10.6. The number of aromatic nitrogens is 2. The topological polar surface area (TPSA) is 81.2 Å². The number of esters is 1. The van der Waals surface area contributed by atoms with Gasteiger partial charge in [-0.25, -0.2) is 9.78 Å². The molecule has 7 heteroatoms. The smallest absolute Gasteiger partial charge is 0.339 e. The zero-order valence-electron chi connectivity index (χ0n) is 20.6. The van der Waals surface area contributed by atoms with Gasteiger partial charge in [0.15, 0.2) is 11.7 Å². The summed E-state index contributed by atoms with van der Waals surface area (Å²) in [6.45, 7) is -0.396. The molecule has 6 rings (SSSR count). The van der Waals surface area contributed by atoms with E-state index in [1.165, 1.54) is 16.9 Å². The maximum atomic E-state index is 13.5. The maximum Gasteiger partial charge on any atom is 0.339 e. The van der Waals surface area contributed by atoms with Gasteiger partial charge in [-0.3, -0.25) is 15.1 Å². The summed E-state index contributed by atoms with van der Waals surface area (Å²) >= 11 is 1.33. The van der Waals surface area contributed by atoms with Crippen LogP contribution in [0.5, 0.6) is 0 Å². The average Bonchev–Trinajstić information content (AvgIpc) is 3.43. The van der Waals surface area contributed by atoms with E-state index in [2.05, 4.69) is 22.4 Å². The molecule has 3 aromatic carbocycles. The van der Waals surface area contributed by atoms with Crippen molar-refractivity contribution in [1.29, 1.82) is 0 Å². The highest BCUT2D eigenvalue weighted by atomic mass is 32.1. The summed E-state index contributed by atoms with van der Waals surface area (Å²) in [5.74, 6) is -0.639. The molecule has 5 aromatic rings. The molecule has 2 heterocycles. The molecule has 1 N–H and O–H groups in total. The number of benzene rings is 3. The third-order valence-corrected chi connectivity index (χ3v) is 7.65. The first-order chi connectivity index (χ1) is 18.7. The van der Waals surface area contributed by atoms with Crippen LogP contribution < -0.4 is 5.32 Å². The number of carbonyl (C=O) groups is 2. The summed E-state index contributed by atoms with van der Waals surface area (Å²) in [6.07, 6.45) is 2.46. The predicted octanol–water partition coefficient (Wildman–Crippen LogP) is 6.43.